The lowest BCUT2D eigenvalue weighted by atomic mass is 10.1. The van der Waals surface area contributed by atoms with E-state index in [1.165, 1.54) is 5.56 Å². The number of fused-ring (bicyclic) bond motifs is 1. The fourth-order valence-corrected chi connectivity index (χ4v) is 3.59. The number of aromatic nitrogens is 5. The first-order chi connectivity index (χ1) is 14.5. The summed E-state index contributed by atoms with van der Waals surface area (Å²) in [4.78, 5) is 17.0. The zero-order valence-corrected chi connectivity index (χ0v) is 18.1. The average molecular weight is 443 g/mol. The molecule has 1 N–H and O–H groups in total. The molecule has 9 heteroatoms. The minimum absolute atomic E-state index is 0.223. The third kappa shape index (κ3) is 3.91. The zero-order valence-electron chi connectivity index (χ0n) is 16.6. The summed E-state index contributed by atoms with van der Waals surface area (Å²) in [5.41, 5.74) is 4.70. The second-order valence-corrected chi connectivity index (χ2v) is 7.75. The van der Waals surface area contributed by atoms with Crippen molar-refractivity contribution in [2.75, 3.05) is 6.54 Å². The van der Waals surface area contributed by atoms with Crippen molar-refractivity contribution in [3.8, 4) is 11.3 Å². The van der Waals surface area contributed by atoms with Crippen LogP contribution in [0.15, 0.2) is 42.7 Å². The summed E-state index contributed by atoms with van der Waals surface area (Å²) in [7, 11) is 0. The topological polar surface area (TPSA) is 77.1 Å². The van der Waals surface area contributed by atoms with E-state index in [1.54, 1.807) is 28.5 Å². The van der Waals surface area contributed by atoms with Crippen molar-refractivity contribution in [1.29, 1.82) is 0 Å². The van der Waals surface area contributed by atoms with E-state index in [-0.39, 0.29) is 5.91 Å². The van der Waals surface area contributed by atoms with Gasteiger partial charge in [0, 0.05) is 24.8 Å². The number of halogens is 2. The van der Waals surface area contributed by atoms with Gasteiger partial charge in [0.25, 0.3) is 5.91 Å². The molecular formula is C21H20Cl2N6O. The normalized spacial score (nSPS) is 11.2. The van der Waals surface area contributed by atoms with E-state index in [9.17, 15) is 4.79 Å². The molecule has 0 aliphatic heterocycles. The molecule has 0 saturated carbocycles. The fraction of sp³-hybridized carbons (Fsp3) is 0.238. The van der Waals surface area contributed by atoms with Crippen LogP contribution >= 0.6 is 23.2 Å². The van der Waals surface area contributed by atoms with Gasteiger partial charge in [-0.2, -0.15) is 10.2 Å². The van der Waals surface area contributed by atoms with E-state index in [0.29, 0.717) is 46.6 Å². The second kappa shape index (κ2) is 8.45. The van der Waals surface area contributed by atoms with Crippen LogP contribution in [-0.4, -0.2) is 36.8 Å². The van der Waals surface area contributed by atoms with Crippen molar-refractivity contribution in [2.45, 2.75) is 26.8 Å². The number of aryl methyl sites for hydroxylation is 3. The Balaban J connectivity index is 1.45. The van der Waals surface area contributed by atoms with Crippen LogP contribution in [0.3, 0.4) is 0 Å². The minimum atomic E-state index is -0.223. The summed E-state index contributed by atoms with van der Waals surface area (Å²) < 4.78 is 3.32. The van der Waals surface area contributed by atoms with Gasteiger partial charge in [-0.3, -0.25) is 9.48 Å². The van der Waals surface area contributed by atoms with Gasteiger partial charge in [0.05, 0.1) is 17.6 Å². The number of carbonyl (C=O) groups is 1. The SMILES string of the molecule is Cc1ccc(-c2ccnc3c(C(=O)NCCCn4nc(C)c(Cl)c4Cl)cnn23)cc1. The molecule has 4 rings (SSSR count). The van der Waals surface area contributed by atoms with E-state index < -0.39 is 0 Å². The van der Waals surface area contributed by atoms with Crippen molar-refractivity contribution in [3.05, 3.63) is 69.7 Å². The van der Waals surface area contributed by atoms with E-state index in [0.717, 1.165) is 11.3 Å². The molecule has 0 fully saturated rings. The molecule has 4 aromatic rings. The average Bonchev–Trinajstić information content (AvgIpc) is 3.28. The van der Waals surface area contributed by atoms with E-state index >= 15 is 0 Å². The molecule has 1 aromatic carbocycles. The molecule has 1 amide bonds. The van der Waals surface area contributed by atoms with Crippen molar-refractivity contribution >= 4 is 34.8 Å². The van der Waals surface area contributed by atoms with Crippen LogP contribution in [-0.2, 0) is 6.54 Å². The summed E-state index contributed by atoms with van der Waals surface area (Å²) in [5.74, 6) is -0.223. The predicted octanol–water partition coefficient (Wildman–Crippen LogP) is 4.34. The Kier molecular flexibility index (Phi) is 5.74. The molecule has 0 aliphatic rings. The number of benzene rings is 1. The first kappa shape index (κ1) is 20.4. The Morgan fingerprint density at radius 1 is 1.13 bits per heavy atom. The molecule has 7 nitrogen and oxygen atoms in total. The first-order valence-electron chi connectivity index (χ1n) is 9.52. The van der Waals surface area contributed by atoms with Gasteiger partial charge in [-0.25, -0.2) is 9.50 Å². The lowest BCUT2D eigenvalue weighted by Gasteiger charge is -2.07. The van der Waals surface area contributed by atoms with Crippen molar-refractivity contribution in [1.82, 2.24) is 29.7 Å². The van der Waals surface area contributed by atoms with Crippen LogP contribution in [0.2, 0.25) is 10.2 Å². The number of nitrogens with zero attached hydrogens (tertiary/aromatic N) is 5. The number of hydrogen-bond donors (Lipinski definition) is 1. The Hall–Kier alpha value is -2.90. The lowest BCUT2D eigenvalue weighted by molar-refractivity contribution is 0.0954. The van der Waals surface area contributed by atoms with Gasteiger partial charge < -0.3 is 5.32 Å². The molecule has 3 aromatic heterocycles. The monoisotopic (exact) mass is 442 g/mol. The quantitative estimate of drug-likeness (QED) is 0.450. The highest BCUT2D eigenvalue weighted by atomic mass is 35.5. The Bertz CT molecular complexity index is 1210. The largest absolute Gasteiger partial charge is 0.352 e. The van der Waals surface area contributed by atoms with E-state index in [2.05, 4.69) is 20.5 Å². The molecule has 0 atom stereocenters. The Morgan fingerprint density at radius 3 is 2.60 bits per heavy atom. The Labute approximate surface area is 183 Å². The molecule has 3 heterocycles. The molecule has 0 radical (unpaired) electrons. The Morgan fingerprint density at radius 2 is 1.90 bits per heavy atom. The van der Waals surface area contributed by atoms with Gasteiger partial charge in [0.1, 0.15) is 15.7 Å². The molecule has 0 bridgehead atoms. The molecular weight excluding hydrogens is 423 g/mol. The third-order valence-corrected chi connectivity index (χ3v) is 5.75. The molecule has 154 valence electrons. The third-order valence-electron chi connectivity index (χ3n) is 4.82. The van der Waals surface area contributed by atoms with Crippen LogP contribution in [0.5, 0.6) is 0 Å². The van der Waals surface area contributed by atoms with Crippen LogP contribution < -0.4 is 5.32 Å². The maximum atomic E-state index is 12.7. The number of carbonyl (C=O) groups excluding carboxylic acids is 1. The minimum Gasteiger partial charge on any atom is -0.352 e. The maximum absolute atomic E-state index is 12.7. The number of hydrogen-bond acceptors (Lipinski definition) is 4. The molecule has 0 unspecified atom stereocenters. The standard InChI is InChI=1S/C21H20Cl2N6O/c1-13-4-6-15(7-5-13)17-8-10-24-20-16(12-26-29(17)20)21(30)25-9-3-11-28-19(23)18(22)14(2)27-28/h4-8,10,12H,3,9,11H2,1-2H3,(H,25,30). The summed E-state index contributed by atoms with van der Waals surface area (Å²) in [6.45, 7) is 4.85. The maximum Gasteiger partial charge on any atom is 0.256 e. The van der Waals surface area contributed by atoms with Gasteiger partial charge in [-0.15, -0.1) is 0 Å². The van der Waals surface area contributed by atoms with Crippen molar-refractivity contribution in [3.63, 3.8) is 0 Å². The highest BCUT2D eigenvalue weighted by molar-refractivity contribution is 6.41. The zero-order chi connectivity index (χ0) is 21.3. The summed E-state index contributed by atoms with van der Waals surface area (Å²) in [6, 6.07) is 10.0. The number of amides is 1. The molecule has 0 spiro atoms. The van der Waals surface area contributed by atoms with Crippen LogP contribution in [0.25, 0.3) is 16.9 Å². The van der Waals surface area contributed by atoms with Gasteiger partial charge >= 0.3 is 0 Å². The predicted molar refractivity (Wildman–Crippen MR) is 117 cm³/mol. The summed E-state index contributed by atoms with van der Waals surface area (Å²) in [6.07, 6.45) is 3.89. The highest BCUT2D eigenvalue weighted by Crippen LogP contribution is 2.25. The summed E-state index contributed by atoms with van der Waals surface area (Å²) in [5, 5.41) is 12.4. The van der Waals surface area contributed by atoms with Gasteiger partial charge in [0.15, 0.2) is 5.65 Å². The first-order valence-corrected chi connectivity index (χ1v) is 10.3. The second-order valence-electron chi connectivity index (χ2n) is 7.01. The highest BCUT2D eigenvalue weighted by Gasteiger charge is 2.16. The lowest BCUT2D eigenvalue weighted by Crippen LogP contribution is -2.25. The number of nitrogens with one attached hydrogen (secondary N) is 1. The van der Waals surface area contributed by atoms with Gasteiger partial charge in [0.2, 0.25) is 0 Å². The van der Waals surface area contributed by atoms with Crippen molar-refractivity contribution in [2.24, 2.45) is 0 Å². The van der Waals surface area contributed by atoms with Crippen LogP contribution in [0.1, 0.15) is 28.0 Å². The van der Waals surface area contributed by atoms with Crippen LogP contribution in [0.4, 0.5) is 0 Å². The fourth-order valence-electron chi connectivity index (χ4n) is 3.20. The molecule has 30 heavy (non-hydrogen) atoms. The summed E-state index contributed by atoms with van der Waals surface area (Å²) >= 11 is 12.2. The molecule has 0 saturated heterocycles. The molecule has 0 aliphatic carbocycles. The van der Waals surface area contributed by atoms with Gasteiger partial charge in [-0.1, -0.05) is 53.0 Å². The smallest absolute Gasteiger partial charge is 0.256 e. The van der Waals surface area contributed by atoms with Crippen LogP contribution in [0, 0.1) is 13.8 Å². The number of rotatable bonds is 6. The van der Waals surface area contributed by atoms with E-state index in [4.69, 9.17) is 23.2 Å². The van der Waals surface area contributed by atoms with Gasteiger partial charge in [-0.05, 0) is 26.3 Å². The van der Waals surface area contributed by atoms with Crippen molar-refractivity contribution < 1.29 is 4.79 Å². The van der Waals surface area contributed by atoms with E-state index in [1.807, 2.05) is 37.3 Å².